The normalized spacial score (nSPS) is 26.7. The van der Waals surface area contributed by atoms with Crippen LogP contribution in [-0.4, -0.2) is 42.1 Å². The Hall–Kier alpha value is -1.13. The first-order chi connectivity index (χ1) is 8.40. The van der Waals surface area contributed by atoms with Crippen molar-refractivity contribution >= 4 is 16.0 Å². The van der Waals surface area contributed by atoms with Crippen molar-refractivity contribution < 1.29 is 18.3 Å². The van der Waals surface area contributed by atoms with Crippen LogP contribution < -0.4 is 0 Å². The summed E-state index contributed by atoms with van der Waals surface area (Å²) in [7, 11) is -3.57. The van der Waals surface area contributed by atoms with Gasteiger partial charge in [0.05, 0.1) is 11.8 Å². The van der Waals surface area contributed by atoms with Gasteiger partial charge in [-0.15, -0.1) is 0 Å². The number of carboxylic acid groups (broad SMARTS) is 1. The van der Waals surface area contributed by atoms with Gasteiger partial charge in [-0.05, 0) is 31.1 Å². The number of aliphatic carboxylic acids is 1. The lowest BCUT2D eigenvalue weighted by atomic mass is 10.1. The standard InChI is InChI=1S/C11H16N2O4S/c12-6-5-11(3-4-11)8-18(16,17)13-7-1-2-9(13)10(14)15/h9H,1-5,7-8H2,(H,14,15). The van der Waals surface area contributed by atoms with E-state index in [9.17, 15) is 13.2 Å². The molecule has 1 aliphatic heterocycles. The van der Waals surface area contributed by atoms with Gasteiger partial charge in [-0.25, -0.2) is 8.42 Å². The molecule has 0 bridgehead atoms. The summed E-state index contributed by atoms with van der Waals surface area (Å²) in [5.41, 5.74) is -0.417. The SMILES string of the molecule is N#CCC1(CS(=O)(=O)N2CCCC2C(=O)O)CC1. The molecule has 1 unspecified atom stereocenters. The second-order valence-corrected chi connectivity index (χ2v) is 7.12. The first-order valence-electron chi connectivity index (χ1n) is 6.00. The quantitative estimate of drug-likeness (QED) is 0.788. The van der Waals surface area contributed by atoms with Gasteiger partial charge in [-0.1, -0.05) is 0 Å². The third-order valence-corrected chi connectivity index (χ3v) is 5.87. The van der Waals surface area contributed by atoms with Crippen LogP contribution in [0.4, 0.5) is 0 Å². The smallest absolute Gasteiger partial charge is 0.322 e. The molecular weight excluding hydrogens is 256 g/mol. The third-order valence-electron chi connectivity index (χ3n) is 3.75. The first kappa shape index (κ1) is 13.3. The monoisotopic (exact) mass is 272 g/mol. The Kier molecular flexibility index (Phi) is 3.34. The van der Waals surface area contributed by atoms with Crippen LogP contribution in [0.3, 0.4) is 0 Å². The number of carbonyl (C=O) groups is 1. The molecule has 0 spiro atoms. The summed E-state index contributed by atoms with van der Waals surface area (Å²) in [6.45, 7) is 0.280. The average Bonchev–Trinajstić information content (AvgIpc) is 2.82. The largest absolute Gasteiger partial charge is 0.480 e. The molecule has 0 aromatic rings. The molecule has 0 aromatic carbocycles. The van der Waals surface area contributed by atoms with Crippen LogP contribution in [0.15, 0.2) is 0 Å². The number of carboxylic acids is 1. The van der Waals surface area contributed by atoms with E-state index in [0.29, 0.717) is 12.8 Å². The van der Waals surface area contributed by atoms with Gasteiger partial charge in [-0.2, -0.15) is 9.57 Å². The predicted octanol–water partition coefficient (Wildman–Crippen LogP) is 0.559. The molecule has 2 aliphatic rings. The molecule has 100 valence electrons. The number of nitriles is 1. The highest BCUT2D eigenvalue weighted by molar-refractivity contribution is 7.89. The van der Waals surface area contributed by atoms with Gasteiger partial charge in [0.1, 0.15) is 6.04 Å². The van der Waals surface area contributed by atoms with Gasteiger partial charge in [0, 0.05) is 13.0 Å². The minimum absolute atomic E-state index is 0.0860. The van der Waals surface area contributed by atoms with Gasteiger partial charge >= 0.3 is 5.97 Å². The number of sulfonamides is 1. The zero-order chi connectivity index (χ0) is 13.4. The number of rotatable bonds is 5. The summed E-state index contributed by atoms with van der Waals surface area (Å²) in [6, 6.07) is 1.10. The zero-order valence-corrected chi connectivity index (χ0v) is 10.8. The molecule has 0 aromatic heterocycles. The van der Waals surface area contributed by atoms with Crippen LogP contribution in [-0.2, 0) is 14.8 Å². The lowest BCUT2D eigenvalue weighted by molar-refractivity contribution is -0.140. The van der Waals surface area contributed by atoms with Gasteiger partial charge < -0.3 is 5.11 Å². The summed E-state index contributed by atoms with van der Waals surface area (Å²) in [5.74, 6) is -1.17. The molecule has 7 heteroatoms. The molecule has 1 N–H and O–H groups in total. The molecule has 6 nitrogen and oxygen atoms in total. The lowest BCUT2D eigenvalue weighted by Crippen LogP contribution is -2.43. The zero-order valence-electron chi connectivity index (χ0n) is 10.0. The van der Waals surface area contributed by atoms with Crippen molar-refractivity contribution in [2.24, 2.45) is 5.41 Å². The van der Waals surface area contributed by atoms with Crippen molar-refractivity contribution in [2.75, 3.05) is 12.3 Å². The van der Waals surface area contributed by atoms with E-state index >= 15 is 0 Å². The highest BCUT2D eigenvalue weighted by Crippen LogP contribution is 2.50. The van der Waals surface area contributed by atoms with E-state index in [2.05, 4.69) is 0 Å². The lowest BCUT2D eigenvalue weighted by Gasteiger charge is -2.23. The van der Waals surface area contributed by atoms with E-state index in [1.807, 2.05) is 6.07 Å². The van der Waals surface area contributed by atoms with E-state index in [1.54, 1.807) is 0 Å². The van der Waals surface area contributed by atoms with E-state index in [0.717, 1.165) is 17.1 Å². The Morgan fingerprint density at radius 3 is 2.67 bits per heavy atom. The summed E-state index contributed by atoms with van der Waals surface area (Å²) in [6.07, 6.45) is 2.68. The van der Waals surface area contributed by atoms with Crippen molar-refractivity contribution in [3.63, 3.8) is 0 Å². The van der Waals surface area contributed by atoms with E-state index < -0.39 is 27.4 Å². The molecule has 1 aliphatic carbocycles. The van der Waals surface area contributed by atoms with Gasteiger partial charge in [0.2, 0.25) is 10.0 Å². The van der Waals surface area contributed by atoms with Gasteiger partial charge in [-0.3, -0.25) is 4.79 Å². The van der Waals surface area contributed by atoms with Crippen molar-refractivity contribution in [1.29, 1.82) is 5.26 Å². The van der Waals surface area contributed by atoms with Crippen molar-refractivity contribution in [1.82, 2.24) is 4.31 Å². The number of hydrogen-bond acceptors (Lipinski definition) is 4. The van der Waals surface area contributed by atoms with Crippen LogP contribution >= 0.6 is 0 Å². The number of hydrogen-bond donors (Lipinski definition) is 1. The Labute approximate surface area is 106 Å². The Morgan fingerprint density at radius 2 is 2.17 bits per heavy atom. The maximum absolute atomic E-state index is 12.2. The molecule has 1 atom stereocenters. The fraction of sp³-hybridized carbons (Fsp3) is 0.818. The molecule has 1 saturated heterocycles. The Balaban J connectivity index is 2.12. The molecule has 0 radical (unpaired) electrons. The second kappa shape index (κ2) is 4.52. The van der Waals surface area contributed by atoms with Crippen LogP contribution in [0.1, 0.15) is 32.1 Å². The third kappa shape index (κ3) is 2.49. The summed E-state index contributed by atoms with van der Waals surface area (Å²) >= 11 is 0. The summed E-state index contributed by atoms with van der Waals surface area (Å²) in [4.78, 5) is 11.0. The highest BCUT2D eigenvalue weighted by Gasteiger charge is 2.49. The van der Waals surface area contributed by atoms with E-state index in [4.69, 9.17) is 10.4 Å². The van der Waals surface area contributed by atoms with Crippen molar-refractivity contribution in [3.8, 4) is 6.07 Å². The van der Waals surface area contributed by atoms with E-state index in [1.165, 1.54) is 0 Å². The Morgan fingerprint density at radius 1 is 1.50 bits per heavy atom. The van der Waals surface area contributed by atoms with E-state index in [-0.39, 0.29) is 18.7 Å². The second-order valence-electron chi connectivity index (χ2n) is 5.20. The molecule has 1 heterocycles. The Bertz CT molecular complexity index is 490. The average molecular weight is 272 g/mol. The molecule has 18 heavy (non-hydrogen) atoms. The van der Waals surface area contributed by atoms with Crippen molar-refractivity contribution in [3.05, 3.63) is 0 Å². The maximum Gasteiger partial charge on any atom is 0.322 e. The fourth-order valence-electron chi connectivity index (χ4n) is 2.51. The highest BCUT2D eigenvalue weighted by atomic mass is 32.2. The molecule has 2 fully saturated rings. The van der Waals surface area contributed by atoms with Crippen LogP contribution in [0, 0.1) is 16.7 Å². The van der Waals surface area contributed by atoms with Crippen LogP contribution in [0.5, 0.6) is 0 Å². The van der Waals surface area contributed by atoms with Crippen molar-refractivity contribution in [2.45, 2.75) is 38.1 Å². The molecule has 2 rings (SSSR count). The number of nitrogens with zero attached hydrogens (tertiary/aromatic N) is 2. The minimum Gasteiger partial charge on any atom is -0.480 e. The molecule has 0 amide bonds. The summed E-state index contributed by atoms with van der Waals surface area (Å²) < 4.78 is 25.6. The van der Waals surface area contributed by atoms with Gasteiger partial charge in [0.15, 0.2) is 0 Å². The first-order valence-corrected chi connectivity index (χ1v) is 7.60. The minimum atomic E-state index is -3.57. The predicted molar refractivity (Wildman–Crippen MR) is 63.0 cm³/mol. The molecular formula is C11H16N2O4S. The van der Waals surface area contributed by atoms with Crippen LogP contribution in [0.2, 0.25) is 0 Å². The topological polar surface area (TPSA) is 98.5 Å². The fourth-order valence-corrected chi connectivity index (χ4v) is 4.83. The maximum atomic E-state index is 12.2. The van der Waals surface area contributed by atoms with Gasteiger partial charge in [0.25, 0.3) is 0 Å². The summed E-state index contributed by atoms with van der Waals surface area (Å²) in [5, 5.41) is 17.7. The molecule has 1 saturated carbocycles. The van der Waals surface area contributed by atoms with Crippen LogP contribution in [0.25, 0.3) is 0 Å².